The van der Waals surface area contributed by atoms with E-state index in [9.17, 15) is 19.2 Å². The summed E-state index contributed by atoms with van der Waals surface area (Å²) >= 11 is 8.67. The lowest BCUT2D eigenvalue weighted by atomic mass is 9.97. The Kier molecular flexibility index (Phi) is 6.10. The minimum Gasteiger partial charge on any atom is -0.272 e. The fourth-order valence-corrected chi connectivity index (χ4v) is 6.91. The fourth-order valence-electron chi connectivity index (χ4n) is 4.68. The first-order chi connectivity index (χ1) is 17.9. The maximum Gasteiger partial charge on any atom is 0.280 e. The number of aryl methyl sites for hydroxylation is 2. The van der Waals surface area contributed by atoms with Crippen molar-refractivity contribution in [3.63, 3.8) is 0 Å². The number of aromatic nitrogens is 2. The van der Waals surface area contributed by atoms with Gasteiger partial charge >= 0.3 is 0 Å². The van der Waals surface area contributed by atoms with Crippen molar-refractivity contribution in [3.8, 4) is 5.69 Å². The monoisotopic (exact) mass is 550 g/mol. The number of halogens is 1. The molecule has 0 saturated carbocycles. The Morgan fingerprint density at radius 1 is 1.00 bits per heavy atom. The van der Waals surface area contributed by atoms with Gasteiger partial charge in [-0.2, -0.15) is 5.01 Å². The number of imide groups is 1. The molecule has 4 aromatic rings. The van der Waals surface area contributed by atoms with E-state index in [1.54, 1.807) is 48.5 Å². The van der Waals surface area contributed by atoms with Crippen LogP contribution in [-0.4, -0.2) is 38.0 Å². The van der Waals surface area contributed by atoms with Gasteiger partial charge in [-0.05, 0) is 67.6 Å². The van der Waals surface area contributed by atoms with Crippen LogP contribution in [0.5, 0.6) is 0 Å². The van der Waals surface area contributed by atoms with E-state index in [1.807, 2.05) is 0 Å². The summed E-state index contributed by atoms with van der Waals surface area (Å²) < 4.78 is 1.50. The minimum absolute atomic E-state index is 0.163. The zero-order chi connectivity index (χ0) is 25.7. The van der Waals surface area contributed by atoms with Crippen LogP contribution in [0.3, 0.4) is 0 Å². The Hall–Kier alpha value is -3.47. The van der Waals surface area contributed by atoms with Crippen molar-refractivity contribution in [1.29, 1.82) is 0 Å². The van der Waals surface area contributed by atoms with Crippen molar-refractivity contribution in [2.75, 3.05) is 5.75 Å². The number of thiophene rings is 1. The second kappa shape index (κ2) is 9.44. The molecular formula is C26H19ClN4O4S2. The normalized spacial score (nSPS) is 14.7. The van der Waals surface area contributed by atoms with Gasteiger partial charge in [-0.15, -0.1) is 11.3 Å². The van der Waals surface area contributed by atoms with E-state index in [0.717, 1.165) is 48.0 Å². The Morgan fingerprint density at radius 2 is 1.68 bits per heavy atom. The minimum atomic E-state index is -0.583. The van der Waals surface area contributed by atoms with Gasteiger partial charge in [-0.1, -0.05) is 35.5 Å². The van der Waals surface area contributed by atoms with Crippen LogP contribution >= 0.6 is 34.7 Å². The van der Waals surface area contributed by atoms with Crippen LogP contribution in [0.25, 0.3) is 15.9 Å². The summed E-state index contributed by atoms with van der Waals surface area (Å²) in [6, 6.07) is 13.3. The smallest absolute Gasteiger partial charge is 0.272 e. The van der Waals surface area contributed by atoms with Crippen LogP contribution in [0.1, 0.15) is 44.0 Å². The number of nitrogens with zero attached hydrogens (tertiary/aromatic N) is 3. The number of fused-ring (bicyclic) bond motifs is 4. The molecule has 2 aromatic heterocycles. The van der Waals surface area contributed by atoms with Gasteiger partial charge < -0.3 is 0 Å². The average molecular weight is 551 g/mol. The highest BCUT2D eigenvalue weighted by atomic mass is 35.5. The van der Waals surface area contributed by atoms with E-state index in [-0.39, 0.29) is 22.4 Å². The van der Waals surface area contributed by atoms with Gasteiger partial charge in [0.15, 0.2) is 5.16 Å². The molecule has 8 nitrogen and oxygen atoms in total. The van der Waals surface area contributed by atoms with Crippen LogP contribution < -0.4 is 11.0 Å². The molecule has 0 fully saturated rings. The van der Waals surface area contributed by atoms with E-state index >= 15 is 0 Å². The third-order valence-corrected chi connectivity index (χ3v) is 8.78. The topological polar surface area (TPSA) is 101 Å². The Bertz CT molecular complexity index is 1630. The van der Waals surface area contributed by atoms with Gasteiger partial charge in [0, 0.05) is 9.90 Å². The maximum atomic E-state index is 13.8. The van der Waals surface area contributed by atoms with Crippen LogP contribution in [0.15, 0.2) is 58.5 Å². The predicted octanol–water partition coefficient (Wildman–Crippen LogP) is 4.40. The second-order valence-corrected chi connectivity index (χ2v) is 11.2. The molecule has 0 atom stereocenters. The number of rotatable bonds is 5. The third kappa shape index (κ3) is 4.14. The molecule has 3 amide bonds. The predicted molar refractivity (Wildman–Crippen MR) is 143 cm³/mol. The average Bonchev–Trinajstić information content (AvgIpc) is 3.39. The number of hydrogen-bond acceptors (Lipinski definition) is 7. The molecule has 1 aliphatic carbocycles. The molecule has 3 heterocycles. The Balaban J connectivity index is 1.31. The molecule has 6 rings (SSSR count). The van der Waals surface area contributed by atoms with E-state index < -0.39 is 17.7 Å². The number of benzene rings is 2. The van der Waals surface area contributed by atoms with Gasteiger partial charge in [0.1, 0.15) is 4.83 Å². The molecule has 2 aromatic carbocycles. The molecule has 0 unspecified atom stereocenters. The number of carbonyl (C=O) groups is 3. The Morgan fingerprint density at radius 3 is 2.38 bits per heavy atom. The number of amides is 3. The molecular weight excluding hydrogens is 532 g/mol. The first kappa shape index (κ1) is 23.9. The molecule has 0 bridgehead atoms. The lowest BCUT2D eigenvalue weighted by molar-refractivity contribution is -0.121. The SMILES string of the molecule is O=C(CSc1nc2sc3c(c2c(=O)n1-c1ccc(Cl)cc1)CCCC3)NN1C(=O)c2ccccc2C1=O. The lowest BCUT2D eigenvalue weighted by Gasteiger charge is -2.16. The number of carbonyl (C=O) groups excluding carboxylic acids is 3. The van der Waals surface area contributed by atoms with Crippen molar-refractivity contribution >= 4 is 62.6 Å². The number of hydrazine groups is 1. The molecule has 1 aliphatic heterocycles. The third-order valence-electron chi connectivity index (χ3n) is 6.41. The summed E-state index contributed by atoms with van der Waals surface area (Å²) in [5.74, 6) is -1.90. The van der Waals surface area contributed by atoms with Crippen molar-refractivity contribution in [3.05, 3.63) is 85.5 Å². The van der Waals surface area contributed by atoms with E-state index in [0.29, 0.717) is 26.1 Å². The zero-order valence-corrected chi connectivity index (χ0v) is 21.7. The highest BCUT2D eigenvalue weighted by Crippen LogP contribution is 2.35. The van der Waals surface area contributed by atoms with Gasteiger partial charge in [0.05, 0.1) is 28.0 Å². The quantitative estimate of drug-likeness (QED) is 0.224. The van der Waals surface area contributed by atoms with Crippen LogP contribution in [0.4, 0.5) is 0 Å². The highest BCUT2D eigenvalue weighted by molar-refractivity contribution is 7.99. The second-order valence-electron chi connectivity index (χ2n) is 8.72. The standard InChI is InChI=1S/C26H19ClN4O4S2/c27-14-9-11-15(12-10-14)30-25(35)21-18-7-3-4-8-19(18)37-22(21)28-26(30)36-13-20(32)29-31-23(33)16-5-1-2-6-17(16)24(31)34/h1-2,5-6,9-12H,3-4,7-8,13H2,(H,29,32). The molecule has 2 aliphatic rings. The first-order valence-corrected chi connectivity index (χ1v) is 13.8. The van der Waals surface area contributed by atoms with Crippen LogP contribution in [0.2, 0.25) is 5.02 Å². The van der Waals surface area contributed by atoms with Crippen LogP contribution in [0, 0.1) is 0 Å². The zero-order valence-electron chi connectivity index (χ0n) is 19.3. The Labute approximate surface area is 224 Å². The van der Waals surface area contributed by atoms with Crippen molar-refractivity contribution in [2.24, 2.45) is 0 Å². The van der Waals surface area contributed by atoms with E-state index in [1.165, 1.54) is 20.8 Å². The van der Waals surface area contributed by atoms with Gasteiger partial charge in [0.25, 0.3) is 17.4 Å². The first-order valence-electron chi connectivity index (χ1n) is 11.7. The molecule has 11 heteroatoms. The van der Waals surface area contributed by atoms with Gasteiger partial charge in [-0.3, -0.25) is 29.2 Å². The molecule has 0 spiro atoms. The summed E-state index contributed by atoms with van der Waals surface area (Å²) in [7, 11) is 0. The van der Waals surface area contributed by atoms with Gasteiger partial charge in [-0.25, -0.2) is 4.98 Å². The number of thioether (sulfide) groups is 1. The molecule has 0 radical (unpaired) electrons. The molecule has 1 N–H and O–H groups in total. The number of hydrogen-bond donors (Lipinski definition) is 1. The number of nitrogens with one attached hydrogen (secondary N) is 1. The summed E-state index contributed by atoms with van der Waals surface area (Å²) in [4.78, 5) is 58.4. The highest BCUT2D eigenvalue weighted by Gasteiger charge is 2.36. The summed E-state index contributed by atoms with van der Waals surface area (Å²) in [6.45, 7) is 0. The molecule has 37 heavy (non-hydrogen) atoms. The molecule has 0 saturated heterocycles. The van der Waals surface area contributed by atoms with Crippen molar-refractivity contribution in [1.82, 2.24) is 20.0 Å². The van der Waals surface area contributed by atoms with E-state index in [2.05, 4.69) is 5.43 Å². The van der Waals surface area contributed by atoms with Crippen LogP contribution in [-0.2, 0) is 17.6 Å². The summed E-state index contributed by atoms with van der Waals surface area (Å²) in [5.41, 5.74) is 4.36. The van der Waals surface area contributed by atoms with Crippen molar-refractivity contribution in [2.45, 2.75) is 30.8 Å². The summed E-state index contributed by atoms with van der Waals surface area (Å²) in [5, 5.41) is 2.24. The van der Waals surface area contributed by atoms with E-state index in [4.69, 9.17) is 16.6 Å². The summed E-state index contributed by atoms with van der Waals surface area (Å²) in [6.07, 6.45) is 3.91. The lowest BCUT2D eigenvalue weighted by Crippen LogP contribution is -2.46. The maximum absolute atomic E-state index is 13.8. The fraction of sp³-hybridized carbons (Fsp3) is 0.192. The largest absolute Gasteiger partial charge is 0.280 e. The van der Waals surface area contributed by atoms with Gasteiger partial charge in [0.2, 0.25) is 5.91 Å². The van der Waals surface area contributed by atoms with Crippen molar-refractivity contribution < 1.29 is 14.4 Å². The molecule has 186 valence electrons.